The maximum Gasteiger partial charge on any atom is 0.346 e. The molecule has 29 heavy (non-hydrogen) atoms. The topological polar surface area (TPSA) is 198 Å². The van der Waals surface area contributed by atoms with Crippen molar-refractivity contribution in [2.24, 2.45) is 16.5 Å². The lowest BCUT2D eigenvalue weighted by molar-refractivity contribution is -0.622. The number of rotatable bonds is 3. The Labute approximate surface area is 164 Å². The number of guanidine groups is 2. The van der Waals surface area contributed by atoms with E-state index in [1.54, 1.807) is 18.2 Å². The second-order valence-electron chi connectivity index (χ2n) is 7.43. The van der Waals surface area contributed by atoms with E-state index < -0.39 is 41.5 Å². The minimum atomic E-state index is -2.65. The molecule has 0 aliphatic carbocycles. The van der Waals surface area contributed by atoms with Gasteiger partial charge in [-0.25, -0.2) is 14.4 Å². The lowest BCUT2D eigenvalue weighted by Gasteiger charge is -2.42. The fourth-order valence-corrected chi connectivity index (χ4v) is 4.29. The van der Waals surface area contributed by atoms with Crippen LogP contribution in [0.2, 0.25) is 0 Å². The van der Waals surface area contributed by atoms with E-state index in [0.717, 1.165) is 5.56 Å². The number of carboxylic acids is 1. The van der Waals surface area contributed by atoms with E-state index in [2.05, 4.69) is 20.9 Å². The molecule has 12 heteroatoms. The summed E-state index contributed by atoms with van der Waals surface area (Å²) >= 11 is 0. The maximum atomic E-state index is 12.7. The van der Waals surface area contributed by atoms with Gasteiger partial charge in [-0.15, -0.1) is 0 Å². The maximum absolute atomic E-state index is 12.7. The first-order valence-corrected chi connectivity index (χ1v) is 8.91. The van der Waals surface area contributed by atoms with Gasteiger partial charge in [0, 0.05) is 5.56 Å². The molecule has 1 fully saturated rings. The summed E-state index contributed by atoms with van der Waals surface area (Å²) in [7, 11) is 0. The summed E-state index contributed by atoms with van der Waals surface area (Å²) < 4.78 is 1.33. The van der Waals surface area contributed by atoms with Gasteiger partial charge in [0.25, 0.3) is 5.91 Å². The number of carbonyl (C=O) groups is 2. The molecule has 0 saturated carbocycles. The molecule has 3 aliphatic heterocycles. The summed E-state index contributed by atoms with van der Waals surface area (Å²) in [4.78, 5) is 28.4. The van der Waals surface area contributed by atoms with E-state index in [0.29, 0.717) is 5.56 Å². The zero-order chi connectivity index (χ0) is 21.1. The van der Waals surface area contributed by atoms with Gasteiger partial charge in [-0.3, -0.25) is 15.8 Å². The van der Waals surface area contributed by atoms with E-state index in [4.69, 9.17) is 11.5 Å². The van der Waals surface area contributed by atoms with Gasteiger partial charge in [0.2, 0.25) is 11.4 Å². The molecule has 3 aliphatic rings. The molecule has 0 radical (unpaired) electrons. The number of aliphatic carboxylic acids is 1. The average Bonchev–Trinajstić information content (AvgIpc) is 3.10. The third-order valence-corrected chi connectivity index (χ3v) is 5.62. The van der Waals surface area contributed by atoms with Crippen molar-refractivity contribution in [3.05, 3.63) is 35.4 Å². The predicted molar refractivity (Wildman–Crippen MR) is 99.8 cm³/mol. The first-order valence-electron chi connectivity index (χ1n) is 8.91. The smallest absolute Gasteiger partial charge is 0.346 e. The highest BCUT2D eigenvalue weighted by Crippen LogP contribution is 2.41. The number of aliphatic imine (C=N–C) groups is 1. The number of hydrogen-bond donors (Lipinski definition) is 8. The summed E-state index contributed by atoms with van der Waals surface area (Å²) in [6.07, 6.45) is 0. The van der Waals surface area contributed by atoms with Crippen LogP contribution in [0.25, 0.3) is 0 Å². The molecule has 12 nitrogen and oxygen atoms in total. The van der Waals surface area contributed by atoms with Gasteiger partial charge >= 0.3 is 11.9 Å². The van der Waals surface area contributed by atoms with Gasteiger partial charge in [0.1, 0.15) is 6.04 Å². The molecule has 10 N–H and O–H groups in total. The first-order chi connectivity index (χ1) is 13.6. The Morgan fingerprint density at radius 3 is 2.72 bits per heavy atom. The van der Waals surface area contributed by atoms with Crippen molar-refractivity contribution in [3.63, 3.8) is 0 Å². The van der Waals surface area contributed by atoms with Crippen molar-refractivity contribution in [2.45, 2.75) is 36.5 Å². The van der Waals surface area contributed by atoms with Crippen molar-refractivity contribution in [2.75, 3.05) is 6.54 Å². The largest absolute Gasteiger partial charge is 0.479 e. The van der Waals surface area contributed by atoms with Crippen molar-refractivity contribution in [3.8, 4) is 0 Å². The monoisotopic (exact) mass is 404 g/mol. The molecule has 1 amide bonds. The Morgan fingerprint density at radius 1 is 1.34 bits per heavy atom. The number of carbonyl (C=O) groups excluding carboxylic acids is 1. The molecule has 0 bridgehead atoms. The second-order valence-corrected chi connectivity index (χ2v) is 7.43. The van der Waals surface area contributed by atoms with Crippen LogP contribution in [0.4, 0.5) is 0 Å². The average molecular weight is 404 g/mol. The number of nitrogens with one attached hydrogen (secondary N) is 3. The molecule has 1 unspecified atom stereocenters. The number of benzene rings is 1. The Morgan fingerprint density at radius 2 is 2.07 bits per heavy atom. The molecule has 1 aromatic carbocycles. The van der Waals surface area contributed by atoms with Crippen LogP contribution in [-0.4, -0.2) is 79.8 Å². The highest BCUT2D eigenvalue weighted by molar-refractivity contribution is 5.95. The van der Waals surface area contributed by atoms with Gasteiger partial charge in [-0.05, 0) is 19.1 Å². The molecule has 1 spiro atoms. The number of nitrogens with two attached hydrogens (primary N) is 2. The Balaban J connectivity index is 1.73. The van der Waals surface area contributed by atoms with Crippen molar-refractivity contribution in [1.82, 2.24) is 16.0 Å². The van der Waals surface area contributed by atoms with Crippen LogP contribution in [0.3, 0.4) is 0 Å². The molecular weight excluding hydrogens is 382 g/mol. The van der Waals surface area contributed by atoms with Crippen molar-refractivity contribution in [1.29, 1.82) is 0 Å². The lowest BCUT2D eigenvalue weighted by Crippen LogP contribution is -2.79. The quantitative estimate of drug-likeness (QED) is 0.184. The first kappa shape index (κ1) is 19.0. The van der Waals surface area contributed by atoms with E-state index in [9.17, 15) is 24.9 Å². The zero-order valence-corrected chi connectivity index (χ0v) is 15.5. The summed E-state index contributed by atoms with van der Waals surface area (Å²) in [5, 5.41) is 39.7. The Bertz CT molecular complexity index is 975. The zero-order valence-electron chi connectivity index (χ0n) is 15.5. The SMILES string of the molecule is Cc1cccc(C(=O)N[C@H]2C[N+]3=C(N)NC(C(=O)O)[C@@H]4N=C(N)N[C@@]43C2(O)O)c1. The predicted octanol–water partition coefficient (Wildman–Crippen LogP) is -3.85. The molecule has 1 aromatic rings. The van der Waals surface area contributed by atoms with Gasteiger partial charge in [0.15, 0.2) is 18.0 Å². The van der Waals surface area contributed by atoms with Crippen molar-refractivity contribution < 1.29 is 29.5 Å². The third-order valence-electron chi connectivity index (χ3n) is 5.62. The van der Waals surface area contributed by atoms with E-state index in [1.165, 1.54) is 4.58 Å². The van der Waals surface area contributed by atoms with E-state index in [1.807, 2.05) is 13.0 Å². The highest BCUT2D eigenvalue weighted by Gasteiger charge is 2.76. The van der Waals surface area contributed by atoms with E-state index >= 15 is 0 Å². The summed E-state index contributed by atoms with van der Waals surface area (Å²) in [6, 6.07) is 3.00. The fraction of sp³-hybridized carbons (Fsp3) is 0.412. The minimum absolute atomic E-state index is 0.106. The van der Waals surface area contributed by atoms with Crippen LogP contribution in [0, 0.1) is 6.92 Å². The van der Waals surface area contributed by atoms with Crippen LogP contribution in [0.1, 0.15) is 15.9 Å². The number of nitrogens with zero attached hydrogens (tertiary/aromatic N) is 2. The van der Waals surface area contributed by atoms with Crippen LogP contribution < -0.4 is 27.4 Å². The molecule has 3 heterocycles. The lowest BCUT2D eigenvalue weighted by atomic mass is 9.85. The van der Waals surface area contributed by atoms with Crippen molar-refractivity contribution >= 4 is 23.8 Å². The van der Waals surface area contributed by atoms with Crippen LogP contribution in [0.5, 0.6) is 0 Å². The number of aliphatic hydroxyl groups is 2. The standard InChI is InChI=1S/C17H21N7O5/c1-7-3-2-4-8(5-7)12(25)20-9-6-24-15(19)21-10(13(26)27)11-16(24,17(9,28)29)23-14(18)22-11/h2-5,9-11,28-29H,6H2,1H3,(H7,18,19,20,21,22,23,25,26,27)/p+1/t9-,10?,11-,16-/m0/s1. The molecule has 1 saturated heterocycles. The molecule has 4 rings (SSSR count). The third kappa shape index (κ3) is 2.53. The van der Waals surface area contributed by atoms with Gasteiger partial charge in [-0.1, -0.05) is 17.7 Å². The molecule has 4 atom stereocenters. The fourth-order valence-electron chi connectivity index (χ4n) is 4.29. The summed E-state index contributed by atoms with van der Waals surface area (Å²) in [6.45, 7) is 1.70. The second kappa shape index (κ2) is 6.06. The Kier molecular flexibility index (Phi) is 3.96. The van der Waals surface area contributed by atoms with Gasteiger partial charge < -0.3 is 31.7 Å². The number of carboxylic acid groups (broad SMARTS) is 1. The number of amides is 1. The van der Waals surface area contributed by atoms with Crippen LogP contribution >= 0.6 is 0 Å². The van der Waals surface area contributed by atoms with Crippen LogP contribution in [0.15, 0.2) is 29.3 Å². The van der Waals surface area contributed by atoms with Gasteiger partial charge in [0.05, 0.1) is 6.54 Å². The van der Waals surface area contributed by atoms with Gasteiger partial charge in [-0.2, -0.15) is 0 Å². The molecular formula is C17H22N7O5+. The Hall–Kier alpha value is -3.38. The summed E-state index contributed by atoms with van der Waals surface area (Å²) in [5.41, 5.74) is 11.1. The molecule has 0 aromatic heterocycles. The van der Waals surface area contributed by atoms with Crippen LogP contribution in [-0.2, 0) is 4.79 Å². The highest BCUT2D eigenvalue weighted by atomic mass is 16.5. The number of hydrogen-bond acceptors (Lipinski definition) is 9. The number of aryl methyl sites for hydroxylation is 1. The summed E-state index contributed by atoms with van der Waals surface area (Å²) in [5.74, 6) is -4.73. The molecule has 154 valence electrons. The van der Waals surface area contributed by atoms with E-state index in [-0.39, 0.29) is 18.5 Å². The minimum Gasteiger partial charge on any atom is -0.479 e. The normalized spacial score (nSPS) is 31.8.